The van der Waals surface area contributed by atoms with E-state index in [9.17, 15) is 4.79 Å². The highest BCUT2D eigenvalue weighted by atomic mass is 16.2. The summed E-state index contributed by atoms with van der Waals surface area (Å²) in [4.78, 5) is 13.7. The van der Waals surface area contributed by atoms with Crippen LogP contribution in [-0.2, 0) is 4.79 Å². The van der Waals surface area contributed by atoms with E-state index in [0.29, 0.717) is 12.0 Å². The molecule has 1 atom stereocenters. The monoisotopic (exact) mass is 226 g/mol. The Labute approximate surface area is 99.6 Å². The Hall–Kier alpha value is -0.570. The molecule has 0 aromatic rings. The minimum atomic E-state index is 0.00694. The quantitative estimate of drug-likeness (QED) is 0.776. The molecular formula is C13H26N2O. The molecule has 0 aromatic heterocycles. The lowest BCUT2D eigenvalue weighted by atomic mass is 9.81. The number of amides is 1. The summed E-state index contributed by atoms with van der Waals surface area (Å²) in [6.45, 7) is 6.60. The number of carbonyl (C=O) groups excluding carboxylic acids is 1. The molecule has 94 valence electrons. The molecule has 0 radical (unpaired) electrons. The second kappa shape index (κ2) is 5.67. The average Bonchev–Trinajstić information content (AvgIpc) is 2.12. The number of rotatable bonds is 5. The topological polar surface area (TPSA) is 32.3 Å². The van der Waals surface area contributed by atoms with Crippen LogP contribution in [0.25, 0.3) is 0 Å². The van der Waals surface area contributed by atoms with Crippen LogP contribution in [0, 0.1) is 11.8 Å². The molecule has 1 N–H and O–H groups in total. The van der Waals surface area contributed by atoms with Crippen molar-refractivity contribution in [3.63, 3.8) is 0 Å². The standard InChI is InChI=1S/C13H26N2O/c1-9(2)6-12(13(16)15(4)5)14-11-7-10(3)8-11/h9-12,14H,6-8H2,1-5H3. The van der Waals surface area contributed by atoms with Crippen LogP contribution in [0.4, 0.5) is 0 Å². The van der Waals surface area contributed by atoms with Crippen LogP contribution >= 0.6 is 0 Å². The second-order valence-corrected chi connectivity index (χ2v) is 5.85. The summed E-state index contributed by atoms with van der Waals surface area (Å²) in [6.07, 6.45) is 3.37. The molecule has 1 aliphatic rings. The van der Waals surface area contributed by atoms with Gasteiger partial charge in [-0.05, 0) is 31.1 Å². The Morgan fingerprint density at radius 2 is 1.94 bits per heavy atom. The number of carbonyl (C=O) groups is 1. The minimum absolute atomic E-state index is 0.00694. The number of nitrogens with one attached hydrogen (secondary N) is 1. The number of likely N-dealkylation sites (N-methyl/N-ethyl adjacent to an activating group) is 1. The van der Waals surface area contributed by atoms with Crippen LogP contribution < -0.4 is 5.32 Å². The van der Waals surface area contributed by atoms with E-state index in [0.717, 1.165) is 12.3 Å². The van der Waals surface area contributed by atoms with Crippen molar-refractivity contribution in [3.05, 3.63) is 0 Å². The Morgan fingerprint density at radius 3 is 2.31 bits per heavy atom. The third-order valence-electron chi connectivity index (χ3n) is 3.26. The Bertz CT molecular complexity index is 232. The normalized spacial score (nSPS) is 26.4. The fourth-order valence-electron chi connectivity index (χ4n) is 2.35. The summed E-state index contributed by atoms with van der Waals surface area (Å²) in [7, 11) is 3.67. The molecule has 0 saturated heterocycles. The highest BCUT2D eigenvalue weighted by Gasteiger charge is 2.30. The molecular weight excluding hydrogens is 200 g/mol. The lowest BCUT2D eigenvalue weighted by Crippen LogP contribution is -2.52. The van der Waals surface area contributed by atoms with Crippen molar-refractivity contribution in [2.75, 3.05) is 14.1 Å². The fourth-order valence-corrected chi connectivity index (χ4v) is 2.35. The molecule has 16 heavy (non-hydrogen) atoms. The Balaban J connectivity index is 2.47. The van der Waals surface area contributed by atoms with Gasteiger partial charge in [0.25, 0.3) is 0 Å². The molecule has 0 spiro atoms. The zero-order valence-corrected chi connectivity index (χ0v) is 11.3. The van der Waals surface area contributed by atoms with Crippen molar-refractivity contribution >= 4 is 5.91 Å². The molecule has 1 amide bonds. The fraction of sp³-hybridized carbons (Fsp3) is 0.923. The van der Waals surface area contributed by atoms with Gasteiger partial charge in [-0.25, -0.2) is 0 Å². The van der Waals surface area contributed by atoms with E-state index in [1.807, 2.05) is 14.1 Å². The maximum atomic E-state index is 12.0. The predicted molar refractivity (Wildman–Crippen MR) is 67.3 cm³/mol. The molecule has 0 heterocycles. The summed E-state index contributed by atoms with van der Waals surface area (Å²) in [5, 5.41) is 3.51. The first-order valence-corrected chi connectivity index (χ1v) is 6.37. The van der Waals surface area contributed by atoms with E-state index in [4.69, 9.17) is 0 Å². The second-order valence-electron chi connectivity index (χ2n) is 5.85. The molecule has 1 unspecified atom stereocenters. The number of hydrogen-bond donors (Lipinski definition) is 1. The molecule has 1 aliphatic carbocycles. The molecule has 1 saturated carbocycles. The van der Waals surface area contributed by atoms with E-state index >= 15 is 0 Å². The SMILES string of the molecule is CC(C)CC(NC1CC(C)C1)C(=O)N(C)C. The molecule has 3 heteroatoms. The van der Waals surface area contributed by atoms with Gasteiger partial charge in [0.2, 0.25) is 5.91 Å². The van der Waals surface area contributed by atoms with Gasteiger partial charge >= 0.3 is 0 Å². The van der Waals surface area contributed by atoms with Gasteiger partial charge < -0.3 is 10.2 Å². The van der Waals surface area contributed by atoms with Gasteiger partial charge in [0.1, 0.15) is 0 Å². The van der Waals surface area contributed by atoms with E-state index in [1.165, 1.54) is 12.8 Å². The van der Waals surface area contributed by atoms with Crippen LogP contribution in [0.2, 0.25) is 0 Å². The van der Waals surface area contributed by atoms with Gasteiger partial charge in [-0.3, -0.25) is 4.79 Å². The smallest absolute Gasteiger partial charge is 0.239 e. The van der Waals surface area contributed by atoms with E-state index in [1.54, 1.807) is 4.90 Å². The highest BCUT2D eigenvalue weighted by Crippen LogP contribution is 2.27. The van der Waals surface area contributed by atoms with E-state index in [-0.39, 0.29) is 11.9 Å². The lowest BCUT2D eigenvalue weighted by molar-refractivity contribution is -0.131. The summed E-state index contributed by atoms with van der Waals surface area (Å²) < 4.78 is 0. The van der Waals surface area contributed by atoms with Crippen molar-refractivity contribution in [3.8, 4) is 0 Å². The van der Waals surface area contributed by atoms with Crippen molar-refractivity contribution in [1.82, 2.24) is 10.2 Å². The first-order chi connectivity index (χ1) is 7.40. The van der Waals surface area contributed by atoms with E-state index < -0.39 is 0 Å². The first-order valence-electron chi connectivity index (χ1n) is 6.37. The van der Waals surface area contributed by atoms with E-state index in [2.05, 4.69) is 26.1 Å². The Morgan fingerprint density at radius 1 is 1.38 bits per heavy atom. The summed E-state index contributed by atoms with van der Waals surface area (Å²) >= 11 is 0. The highest BCUT2D eigenvalue weighted by molar-refractivity contribution is 5.81. The zero-order chi connectivity index (χ0) is 12.3. The first kappa shape index (κ1) is 13.5. The zero-order valence-electron chi connectivity index (χ0n) is 11.3. The van der Waals surface area contributed by atoms with Gasteiger partial charge in [0, 0.05) is 20.1 Å². The van der Waals surface area contributed by atoms with Gasteiger partial charge in [-0.15, -0.1) is 0 Å². The number of hydrogen-bond acceptors (Lipinski definition) is 2. The lowest BCUT2D eigenvalue weighted by Gasteiger charge is -2.37. The molecule has 0 bridgehead atoms. The molecule has 3 nitrogen and oxygen atoms in total. The predicted octanol–water partition coefficient (Wildman–Crippen LogP) is 1.88. The van der Waals surface area contributed by atoms with Crippen LogP contribution in [0.15, 0.2) is 0 Å². The molecule has 1 fully saturated rings. The van der Waals surface area contributed by atoms with Crippen LogP contribution in [0.5, 0.6) is 0 Å². The largest absolute Gasteiger partial charge is 0.347 e. The third kappa shape index (κ3) is 3.78. The van der Waals surface area contributed by atoms with Gasteiger partial charge in [-0.1, -0.05) is 20.8 Å². The average molecular weight is 226 g/mol. The van der Waals surface area contributed by atoms with Crippen LogP contribution in [0.3, 0.4) is 0 Å². The summed E-state index contributed by atoms with van der Waals surface area (Å²) in [5.74, 6) is 1.60. The Kier molecular flexibility index (Phi) is 4.78. The minimum Gasteiger partial charge on any atom is -0.347 e. The molecule has 1 rings (SSSR count). The van der Waals surface area contributed by atoms with Gasteiger partial charge in [0.05, 0.1) is 6.04 Å². The van der Waals surface area contributed by atoms with Crippen molar-refractivity contribution in [2.24, 2.45) is 11.8 Å². The van der Waals surface area contributed by atoms with Crippen molar-refractivity contribution in [2.45, 2.75) is 52.1 Å². The van der Waals surface area contributed by atoms with Gasteiger partial charge in [0.15, 0.2) is 0 Å². The van der Waals surface area contributed by atoms with Crippen molar-refractivity contribution < 1.29 is 4.79 Å². The van der Waals surface area contributed by atoms with Gasteiger partial charge in [-0.2, -0.15) is 0 Å². The van der Waals surface area contributed by atoms with Crippen LogP contribution in [-0.4, -0.2) is 37.0 Å². The third-order valence-corrected chi connectivity index (χ3v) is 3.26. The maximum Gasteiger partial charge on any atom is 0.239 e. The summed E-state index contributed by atoms with van der Waals surface area (Å²) in [6, 6.07) is 0.565. The maximum absolute atomic E-state index is 12.0. The van der Waals surface area contributed by atoms with Crippen LogP contribution in [0.1, 0.15) is 40.0 Å². The molecule has 0 aliphatic heterocycles. The van der Waals surface area contributed by atoms with Crippen molar-refractivity contribution in [1.29, 1.82) is 0 Å². The number of nitrogens with zero attached hydrogens (tertiary/aromatic N) is 1. The summed E-state index contributed by atoms with van der Waals surface area (Å²) in [5.41, 5.74) is 0. The molecule has 0 aromatic carbocycles.